The van der Waals surface area contributed by atoms with Gasteiger partial charge in [0.2, 0.25) is 5.91 Å². The Hall–Kier alpha value is -4.24. The molecule has 4 aromatic rings. The highest BCUT2D eigenvalue weighted by atomic mass is 32.2. The van der Waals surface area contributed by atoms with Crippen LogP contribution < -0.4 is 9.80 Å². The van der Waals surface area contributed by atoms with Crippen LogP contribution in [-0.4, -0.2) is 44.8 Å². The number of fused-ring (bicyclic) bond motifs is 2. The average Bonchev–Trinajstić information content (AvgIpc) is 3.62. The summed E-state index contributed by atoms with van der Waals surface area (Å²) >= 11 is 1.37. The van der Waals surface area contributed by atoms with Gasteiger partial charge in [-0.2, -0.15) is 0 Å². The van der Waals surface area contributed by atoms with E-state index in [4.69, 9.17) is 0 Å². The topological polar surface area (TPSA) is 88.4 Å². The van der Waals surface area contributed by atoms with Crippen LogP contribution >= 0.6 is 11.8 Å². The Labute approximate surface area is 217 Å². The number of anilines is 2. The first-order valence-corrected chi connectivity index (χ1v) is 13.1. The van der Waals surface area contributed by atoms with Gasteiger partial charge in [0.05, 0.1) is 22.6 Å². The van der Waals surface area contributed by atoms with Gasteiger partial charge < -0.3 is 9.47 Å². The van der Waals surface area contributed by atoms with Gasteiger partial charge >= 0.3 is 0 Å². The van der Waals surface area contributed by atoms with Gasteiger partial charge in [-0.25, -0.2) is 4.90 Å². The molecular formula is C28H23N5O3S. The van der Waals surface area contributed by atoms with Crippen molar-refractivity contribution >= 4 is 40.9 Å². The van der Waals surface area contributed by atoms with Gasteiger partial charge in [0, 0.05) is 24.3 Å². The lowest BCUT2D eigenvalue weighted by molar-refractivity contribution is -0.116. The van der Waals surface area contributed by atoms with Crippen LogP contribution in [0.5, 0.6) is 0 Å². The Morgan fingerprint density at radius 2 is 1.57 bits per heavy atom. The molecule has 37 heavy (non-hydrogen) atoms. The minimum atomic E-state index is -0.325. The van der Waals surface area contributed by atoms with E-state index in [9.17, 15) is 14.4 Å². The number of imide groups is 1. The molecule has 0 aliphatic carbocycles. The molecule has 0 saturated heterocycles. The molecule has 0 unspecified atom stereocenters. The fraction of sp³-hybridized carbons (Fsp3) is 0.179. The highest BCUT2D eigenvalue weighted by molar-refractivity contribution is 7.99. The molecule has 0 N–H and O–H groups in total. The van der Waals surface area contributed by atoms with Crippen molar-refractivity contribution in [3.05, 3.63) is 89.5 Å². The zero-order valence-electron chi connectivity index (χ0n) is 20.1. The minimum Gasteiger partial charge on any atom is -0.311 e. The molecule has 0 saturated carbocycles. The SMILES string of the molecule is CCn1c(SCC(=O)N2CCc3ccccc32)nnc1-c1ccc(N2C(=O)c3ccccc3C2=O)cc1. The normalized spacial score (nSPS) is 14.3. The summed E-state index contributed by atoms with van der Waals surface area (Å²) in [6.07, 6.45) is 0.874. The number of carbonyl (C=O) groups excluding carboxylic acids is 3. The van der Waals surface area contributed by atoms with Crippen LogP contribution in [0, 0.1) is 0 Å². The number of benzene rings is 3. The van der Waals surface area contributed by atoms with Gasteiger partial charge in [-0.1, -0.05) is 42.1 Å². The summed E-state index contributed by atoms with van der Waals surface area (Å²) in [6, 6.07) is 22.0. The van der Waals surface area contributed by atoms with E-state index in [1.165, 1.54) is 22.2 Å². The first kappa shape index (κ1) is 23.2. The van der Waals surface area contributed by atoms with Crippen LogP contribution in [0.3, 0.4) is 0 Å². The molecular weight excluding hydrogens is 486 g/mol. The smallest absolute Gasteiger partial charge is 0.266 e. The lowest BCUT2D eigenvalue weighted by Crippen LogP contribution is -2.30. The van der Waals surface area contributed by atoms with Crippen molar-refractivity contribution in [3.63, 3.8) is 0 Å². The Bertz CT molecular complexity index is 1510. The molecule has 2 aliphatic rings. The van der Waals surface area contributed by atoms with Crippen LogP contribution in [0.1, 0.15) is 33.2 Å². The molecule has 9 heteroatoms. The highest BCUT2D eigenvalue weighted by Crippen LogP contribution is 2.32. The van der Waals surface area contributed by atoms with E-state index in [1.54, 1.807) is 36.4 Å². The van der Waals surface area contributed by atoms with Crippen molar-refractivity contribution in [3.8, 4) is 11.4 Å². The zero-order chi connectivity index (χ0) is 25.5. The molecule has 3 amide bonds. The Morgan fingerprint density at radius 1 is 0.892 bits per heavy atom. The number of para-hydroxylation sites is 1. The maximum Gasteiger partial charge on any atom is 0.266 e. The summed E-state index contributed by atoms with van der Waals surface area (Å²) in [7, 11) is 0. The van der Waals surface area contributed by atoms with Crippen LogP contribution in [-0.2, 0) is 17.8 Å². The third kappa shape index (κ3) is 3.92. The lowest BCUT2D eigenvalue weighted by atomic mass is 10.1. The molecule has 8 nitrogen and oxygen atoms in total. The van der Waals surface area contributed by atoms with Gasteiger partial charge in [-0.05, 0) is 61.4 Å². The van der Waals surface area contributed by atoms with Crippen LogP contribution in [0.4, 0.5) is 11.4 Å². The third-order valence-electron chi connectivity index (χ3n) is 6.72. The number of thioether (sulfide) groups is 1. The van der Waals surface area contributed by atoms with E-state index in [0.717, 1.165) is 17.7 Å². The van der Waals surface area contributed by atoms with Gasteiger partial charge in [-0.15, -0.1) is 10.2 Å². The van der Waals surface area contributed by atoms with Crippen molar-refractivity contribution < 1.29 is 14.4 Å². The van der Waals surface area contributed by atoms with E-state index in [2.05, 4.69) is 16.3 Å². The standard InChI is InChI=1S/C28H23N5O3S/c1-2-31-25(29-30-28(31)37-17-24(34)32-16-15-18-7-3-6-10-23(18)32)19-11-13-20(14-12-19)33-26(35)21-8-4-5-9-22(21)27(33)36/h3-14H,2,15-17H2,1H3. The molecule has 0 spiro atoms. The number of amides is 3. The van der Waals surface area contributed by atoms with Crippen molar-refractivity contribution in [2.75, 3.05) is 22.1 Å². The summed E-state index contributed by atoms with van der Waals surface area (Å²) in [5.41, 5.74) is 4.32. The van der Waals surface area contributed by atoms with Gasteiger partial charge in [0.1, 0.15) is 0 Å². The van der Waals surface area contributed by atoms with Crippen molar-refractivity contribution in [2.45, 2.75) is 25.0 Å². The van der Waals surface area contributed by atoms with E-state index >= 15 is 0 Å². The number of hydrogen-bond donors (Lipinski definition) is 0. The molecule has 1 aromatic heterocycles. The molecule has 3 aromatic carbocycles. The molecule has 0 fully saturated rings. The summed E-state index contributed by atoms with van der Waals surface area (Å²) in [6.45, 7) is 3.33. The van der Waals surface area contributed by atoms with Gasteiger partial charge in [-0.3, -0.25) is 14.4 Å². The van der Waals surface area contributed by atoms with Crippen molar-refractivity contribution in [1.29, 1.82) is 0 Å². The predicted molar refractivity (Wildman–Crippen MR) is 142 cm³/mol. The molecule has 2 aliphatic heterocycles. The number of hydrogen-bond acceptors (Lipinski definition) is 6. The van der Waals surface area contributed by atoms with E-state index < -0.39 is 0 Å². The van der Waals surface area contributed by atoms with Crippen LogP contribution in [0.25, 0.3) is 11.4 Å². The predicted octanol–water partition coefficient (Wildman–Crippen LogP) is 4.45. The second kappa shape index (κ2) is 9.33. The lowest BCUT2D eigenvalue weighted by Gasteiger charge is -2.17. The maximum absolute atomic E-state index is 12.9. The molecule has 6 rings (SSSR count). The van der Waals surface area contributed by atoms with E-state index in [0.29, 0.717) is 40.9 Å². The van der Waals surface area contributed by atoms with Crippen molar-refractivity contribution in [2.24, 2.45) is 0 Å². The Kier molecular flexibility index (Phi) is 5.84. The largest absolute Gasteiger partial charge is 0.311 e. The zero-order valence-corrected chi connectivity index (χ0v) is 20.9. The summed E-state index contributed by atoms with van der Waals surface area (Å²) < 4.78 is 1.97. The first-order chi connectivity index (χ1) is 18.1. The van der Waals surface area contributed by atoms with Gasteiger partial charge in [0.15, 0.2) is 11.0 Å². The van der Waals surface area contributed by atoms with Gasteiger partial charge in [0.25, 0.3) is 11.8 Å². The Morgan fingerprint density at radius 3 is 2.27 bits per heavy atom. The fourth-order valence-electron chi connectivity index (χ4n) is 4.88. The minimum absolute atomic E-state index is 0.0486. The third-order valence-corrected chi connectivity index (χ3v) is 7.68. The summed E-state index contributed by atoms with van der Waals surface area (Å²) in [5, 5.41) is 9.39. The highest BCUT2D eigenvalue weighted by Gasteiger charge is 2.36. The quantitative estimate of drug-likeness (QED) is 0.282. The maximum atomic E-state index is 12.9. The monoisotopic (exact) mass is 509 g/mol. The first-order valence-electron chi connectivity index (χ1n) is 12.1. The molecule has 0 radical (unpaired) electrons. The average molecular weight is 510 g/mol. The second-order valence-corrected chi connectivity index (χ2v) is 9.74. The molecule has 3 heterocycles. The second-order valence-electron chi connectivity index (χ2n) is 8.80. The van der Waals surface area contributed by atoms with Crippen molar-refractivity contribution in [1.82, 2.24) is 14.8 Å². The number of rotatable bonds is 6. The number of aromatic nitrogens is 3. The van der Waals surface area contributed by atoms with E-state index in [1.807, 2.05) is 46.7 Å². The van der Waals surface area contributed by atoms with E-state index in [-0.39, 0.29) is 23.5 Å². The fourth-order valence-corrected chi connectivity index (χ4v) is 5.76. The number of nitrogens with zero attached hydrogens (tertiary/aromatic N) is 5. The molecule has 0 atom stereocenters. The summed E-state index contributed by atoms with van der Waals surface area (Å²) in [4.78, 5) is 41.6. The summed E-state index contributed by atoms with van der Waals surface area (Å²) in [5.74, 6) is 0.332. The number of carbonyl (C=O) groups is 3. The molecule has 0 bridgehead atoms. The van der Waals surface area contributed by atoms with Crippen LogP contribution in [0.15, 0.2) is 78.0 Å². The Balaban J connectivity index is 1.18. The molecule has 184 valence electrons. The van der Waals surface area contributed by atoms with Crippen LogP contribution in [0.2, 0.25) is 0 Å².